The lowest BCUT2D eigenvalue weighted by Crippen LogP contribution is -2.34. The van der Waals surface area contributed by atoms with Crippen LogP contribution in [-0.4, -0.2) is 27.5 Å². The van der Waals surface area contributed by atoms with E-state index >= 15 is 0 Å². The van der Waals surface area contributed by atoms with E-state index in [0.717, 1.165) is 27.7 Å². The molecule has 1 N–H and O–H groups in total. The van der Waals surface area contributed by atoms with Crippen LogP contribution in [0.1, 0.15) is 35.1 Å². The van der Waals surface area contributed by atoms with Crippen LogP contribution < -0.4 is 10.9 Å². The molecular formula is C32H29N3O4. The smallest absolute Gasteiger partial charge is 0.356 e. The lowest BCUT2D eigenvalue weighted by Gasteiger charge is -2.20. The fourth-order valence-corrected chi connectivity index (χ4v) is 4.85. The first kappa shape index (κ1) is 25.9. The zero-order chi connectivity index (χ0) is 27.7. The van der Waals surface area contributed by atoms with Crippen molar-refractivity contribution in [1.82, 2.24) is 9.55 Å². The average Bonchev–Trinajstić information content (AvgIpc) is 2.93. The molecule has 196 valence electrons. The second-order valence-corrected chi connectivity index (χ2v) is 9.62. The van der Waals surface area contributed by atoms with Crippen molar-refractivity contribution in [3.8, 4) is 11.1 Å². The van der Waals surface area contributed by atoms with E-state index in [9.17, 15) is 14.4 Å². The molecule has 0 fully saturated rings. The molecule has 39 heavy (non-hydrogen) atoms. The third kappa shape index (κ3) is 4.91. The van der Waals surface area contributed by atoms with Crippen LogP contribution in [0, 0.1) is 13.8 Å². The van der Waals surface area contributed by atoms with Gasteiger partial charge in [-0.25, -0.2) is 4.79 Å². The number of nitrogens with one attached hydrogen (secondary N) is 1. The molecular weight excluding hydrogens is 490 g/mol. The van der Waals surface area contributed by atoms with Crippen molar-refractivity contribution in [2.24, 2.45) is 7.05 Å². The van der Waals surface area contributed by atoms with Gasteiger partial charge in [0.1, 0.15) is 5.69 Å². The van der Waals surface area contributed by atoms with E-state index in [1.54, 1.807) is 32.2 Å². The number of benzene rings is 3. The quantitative estimate of drug-likeness (QED) is 0.280. The van der Waals surface area contributed by atoms with E-state index in [-0.39, 0.29) is 17.7 Å². The van der Waals surface area contributed by atoms with Gasteiger partial charge in [-0.2, -0.15) is 0 Å². The molecule has 0 saturated carbocycles. The molecule has 0 aliphatic rings. The molecule has 2 heterocycles. The highest BCUT2D eigenvalue weighted by atomic mass is 16.5. The largest absolute Gasteiger partial charge is 0.448 e. The summed E-state index contributed by atoms with van der Waals surface area (Å²) in [5.41, 5.74) is 4.31. The summed E-state index contributed by atoms with van der Waals surface area (Å²) >= 11 is 0. The molecule has 1 atom stereocenters. The number of fused-ring (bicyclic) bond motifs is 2. The molecule has 0 radical (unpaired) electrons. The molecule has 5 aromatic rings. The summed E-state index contributed by atoms with van der Waals surface area (Å²) in [6.45, 7) is 5.61. The molecule has 1 amide bonds. The van der Waals surface area contributed by atoms with Gasteiger partial charge in [0.2, 0.25) is 0 Å². The Bertz CT molecular complexity index is 1790. The van der Waals surface area contributed by atoms with Crippen molar-refractivity contribution in [3.05, 3.63) is 106 Å². The molecule has 0 spiro atoms. The van der Waals surface area contributed by atoms with Gasteiger partial charge in [-0.1, -0.05) is 73.2 Å². The summed E-state index contributed by atoms with van der Waals surface area (Å²) in [4.78, 5) is 44.9. The monoisotopic (exact) mass is 519 g/mol. The number of anilines is 1. The predicted octanol–water partition coefficient (Wildman–Crippen LogP) is 5.94. The number of carbonyl (C=O) groups is 2. The first-order valence-corrected chi connectivity index (χ1v) is 12.9. The molecule has 5 rings (SSSR count). The number of rotatable bonds is 6. The topological polar surface area (TPSA) is 90.3 Å². The molecule has 7 heteroatoms. The van der Waals surface area contributed by atoms with E-state index in [2.05, 4.69) is 10.3 Å². The first-order valence-electron chi connectivity index (χ1n) is 12.9. The van der Waals surface area contributed by atoms with Crippen molar-refractivity contribution >= 4 is 39.2 Å². The Kier molecular flexibility index (Phi) is 6.98. The fraction of sp³-hybridized carbons (Fsp3) is 0.188. The van der Waals surface area contributed by atoms with Gasteiger partial charge < -0.3 is 14.6 Å². The van der Waals surface area contributed by atoms with Crippen LogP contribution in [0.3, 0.4) is 0 Å². The fourth-order valence-electron chi connectivity index (χ4n) is 4.85. The van der Waals surface area contributed by atoms with Gasteiger partial charge >= 0.3 is 5.97 Å². The Balaban J connectivity index is 1.54. The minimum Gasteiger partial charge on any atom is -0.448 e. The Morgan fingerprint density at radius 2 is 1.56 bits per heavy atom. The summed E-state index contributed by atoms with van der Waals surface area (Å²) in [5, 5.41) is 4.85. The van der Waals surface area contributed by atoms with E-state index in [1.165, 1.54) is 4.57 Å². The minimum absolute atomic E-state index is 0.0963. The normalized spacial score (nSPS) is 11.9. The molecule has 0 aliphatic carbocycles. The minimum atomic E-state index is -1.07. The number of aromatic nitrogens is 2. The van der Waals surface area contributed by atoms with Gasteiger partial charge in [-0.05, 0) is 49.4 Å². The maximum absolute atomic E-state index is 13.7. The number of ether oxygens (including phenoxy) is 1. The highest BCUT2D eigenvalue weighted by Gasteiger charge is 2.28. The SMILES string of the molecule is CCC(OC(=O)c1c(-c2ccc(C)cc2)c2ccccc2c(=O)n1C)C(=O)Nc1cc(C)nc2ccccc12. The van der Waals surface area contributed by atoms with Gasteiger partial charge in [0.15, 0.2) is 6.10 Å². The van der Waals surface area contributed by atoms with Crippen LogP contribution in [0.5, 0.6) is 0 Å². The van der Waals surface area contributed by atoms with Crippen LogP contribution in [0.2, 0.25) is 0 Å². The van der Waals surface area contributed by atoms with Crippen LogP contribution in [0.4, 0.5) is 5.69 Å². The van der Waals surface area contributed by atoms with Crippen LogP contribution in [-0.2, 0) is 16.6 Å². The highest BCUT2D eigenvalue weighted by Crippen LogP contribution is 2.32. The number of aryl methyl sites for hydroxylation is 2. The number of carbonyl (C=O) groups excluding carboxylic acids is 2. The van der Waals surface area contributed by atoms with E-state index in [0.29, 0.717) is 22.0 Å². The third-order valence-electron chi connectivity index (χ3n) is 6.85. The standard InChI is InChI=1S/C32H29N3O4/c1-5-27(30(36)34-26-18-20(3)33-25-13-9-8-12-24(25)26)39-32(38)29-28(21-16-14-19(2)15-17-21)22-10-6-7-11-23(22)31(37)35(29)4/h6-18,27H,5H2,1-4H3,(H,33,34,36). The van der Waals surface area contributed by atoms with Crippen LogP contribution >= 0.6 is 0 Å². The van der Waals surface area contributed by atoms with Crippen molar-refractivity contribution in [2.45, 2.75) is 33.3 Å². The van der Waals surface area contributed by atoms with Crippen molar-refractivity contribution in [2.75, 3.05) is 5.32 Å². The number of pyridine rings is 2. The number of para-hydroxylation sites is 1. The number of amides is 1. The average molecular weight is 520 g/mol. The van der Waals surface area contributed by atoms with E-state index in [1.807, 2.05) is 74.5 Å². The summed E-state index contributed by atoms with van der Waals surface area (Å²) in [5.74, 6) is -1.20. The molecule has 0 bridgehead atoms. The molecule has 0 aliphatic heterocycles. The molecule has 3 aromatic carbocycles. The number of nitrogens with zero attached hydrogens (tertiary/aromatic N) is 2. The molecule has 2 aromatic heterocycles. The van der Waals surface area contributed by atoms with E-state index in [4.69, 9.17) is 4.74 Å². The number of esters is 1. The highest BCUT2D eigenvalue weighted by molar-refractivity contribution is 6.08. The third-order valence-corrected chi connectivity index (χ3v) is 6.85. The first-order chi connectivity index (χ1) is 18.8. The van der Waals surface area contributed by atoms with Crippen molar-refractivity contribution in [1.29, 1.82) is 0 Å². The van der Waals surface area contributed by atoms with E-state index < -0.39 is 18.0 Å². The lowest BCUT2D eigenvalue weighted by atomic mass is 9.96. The van der Waals surface area contributed by atoms with Gasteiger partial charge in [-0.15, -0.1) is 0 Å². The van der Waals surface area contributed by atoms with Crippen LogP contribution in [0.15, 0.2) is 83.7 Å². The zero-order valence-corrected chi connectivity index (χ0v) is 22.3. The maximum Gasteiger partial charge on any atom is 0.356 e. The van der Waals surface area contributed by atoms with Gasteiger partial charge in [0.05, 0.1) is 11.2 Å². The van der Waals surface area contributed by atoms with Crippen molar-refractivity contribution in [3.63, 3.8) is 0 Å². The molecule has 0 saturated heterocycles. The maximum atomic E-state index is 13.7. The second-order valence-electron chi connectivity index (χ2n) is 9.62. The summed E-state index contributed by atoms with van der Waals surface area (Å²) in [6.07, 6.45) is -0.821. The van der Waals surface area contributed by atoms with Crippen LogP contribution in [0.25, 0.3) is 32.8 Å². The summed E-state index contributed by atoms with van der Waals surface area (Å²) in [6, 6.07) is 24.2. The Morgan fingerprint density at radius 3 is 2.26 bits per heavy atom. The van der Waals surface area contributed by atoms with Gasteiger partial charge in [0.25, 0.3) is 11.5 Å². The van der Waals surface area contributed by atoms with Gasteiger partial charge in [0, 0.05) is 29.1 Å². The molecule has 1 unspecified atom stereocenters. The summed E-state index contributed by atoms with van der Waals surface area (Å²) in [7, 11) is 1.55. The lowest BCUT2D eigenvalue weighted by molar-refractivity contribution is -0.124. The Hall–Kier alpha value is -4.78. The number of hydrogen-bond acceptors (Lipinski definition) is 5. The van der Waals surface area contributed by atoms with Crippen molar-refractivity contribution < 1.29 is 14.3 Å². The summed E-state index contributed by atoms with van der Waals surface area (Å²) < 4.78 is 7.12. The Morgan fingerprint density at radius 1 is 0.923 bits per heavy atom. The van der Waals surface area contributed by atoms with Gasteiger partial charge in [-0.3, -0.25) is 14.6 Å². The molecule has 7 nitrogen and oxygen atoms in total. The second kappa shape index (κ2) is 10.5. The zero-order valence-electron chi connectivity index (χ0n) is 22.3. The Labute approximate surface area is 226 Å². The predicted molar refractivity (Wildman–Crippen MR) is 154 cm³/mol. The number of hydrogen-bond donors (Lipinski definition) is 1.